The molecular formula is C10H14N7O3S2+. The normalized spacial score (nSPS) is 15.0. The third kappa shape index (κ3) is 3.84. The highest BCUT2D eigenvalue weighted by Crippen LogP contribution is 2.23. The molecule has 1 aliphatic heterocycles. The zero-order valence-corrected chi connectivity index (χ0v) is 13.1. The van der Waals surface area contributed by atoms with E-state index in [-0.39, 0.29) is 17.5 Å². The Balaban J connectivity index is 1.50. The number of ether oxygens (including phenoxy) is 1. The Bertz CT molecular complexity index is 640. The molecule has 12 heteroatoms. The van der Waals surface area contributed by atoms with Crippen LogP contribution in [0.3, 0.4) is 0 Å². The van der Waals surface area contributed by atoms with Crippen LogP contribution < -0.4 is 20.9 Å². The number of nitrogens with one attached hydrogen (secondary N) is 1. The highest BCUT2D eigenvalue weighted by atomic mass is 32.2. The van der Waals surface area contributed by atoms with Crippen molar-refractivity contribution in [3.05, 3.63) is 6.20 Å². The summed E-state index contributed by atoms with van der Waals surface area (Å²) in [7, 11) is 0. The predicted octanol–water partition coefficient (Wildman–Crippen LogP) is -0.905. The van der Waals surface area contributed by atoms with E-state index in [4.69, 9.17) is 15.0 Å². The van der Waals surface area contributed by atoms with E-state index in [0.29, 0.717) is 22.7 Å². The molecule has 0 spiro atoms. The first-order valence-electron chi connectivity index (χ1n) is 6.44. The minimum absolute atomic E-state index is 0.187. The number of anilines is 2. The van der Waals surface area contributed by atoms with Crippen LogP contribution in [0.2, 0.25) is 0 Å². The molecule has 0 unspecified atom stereocenters. The lowest BCUT2D eigenvalue weighted by Gasteiger charge is -2.18. The van der Waals surface area contributed by atoms with Crippen molar-refractivity contribution in [1.29, 1.82) is 0 Å². The summed E-state index contributed by atoms with van der Waals surface area (Å²) in [6.45, 7) is 2.73. The van der Waals surface area contributed by atoms with Gasteiger partial charge in [0.15, 0.2) is 4.34 Å². The number of nitrogen functional groups attached to an aromatic ring is 1. The van der Waals surface area contributed by atoms with Crippen LogP contribution in [-0.4, -0.2) is 53.4 Å². The minimum Gasteiger partial charge on any atom is -0.377 e. The second-order valence-corrected chi connectivity index (χ2v) is 6.53. The molecule has 0 atom stereocenters. The van der Waals surface area contributed by atoms with E-state index >= 15 is 0 Å². The summed E-state index contributed by atoms with van der Waals surface area (Å²) in [6.07, 6.45) is 1.62. The number of thioether (sulfide) groups is 1. The quantitative estimate of drug-likeness (QED) is 0.524. The van der Waals surface area contributed by atoms with Crippen molar-refractivity contribution in [1.82, 2.24) is 15.5 Å². The van der Waals surface area contributed by atoms with Crippen molar-refractivity contribution in [2.45, 2.75) is 4.34 Å². The maximum atomic E-state index is 11.8. The Labute approximate surface area is 133 Å². The van der Waals surface area contributed by atoms with E-state index in [9.17, 15) is 4.79 Å². The molecule has 3 N–H and O–H groups in total. The Morgan fingerprint density at radius 1 is 1.50 bits per heavy atom. The smallest absolute Gasteiger partial charge is 0.305 e. The Morgan fingerprint density at radius 3 is 3.05 bits per heavy atom. The molecule has 1 fully saturated rings. The third-order valence-electron chi connectivity index (χ3n) is 2.74. The molecule has 1 amide bonds. The van der Waals surface area contributed by atoms with Gasteiger partial charge < -0.3 is 10.5 Å². The van der Waals surface area contributed by atoms with Crippen LogP contribution in [0.5, 0.6) is 0 Å². The average Bonchev–Trinajstić information content (AvgIpc) is 3.15. The molecule has 1 saturated heterocycles. The molecular weight excluding hydrogens is 330 g/mol. The molecule has 0 bridgehead atoms. The van der Waals surface area contributed by atoms with E-state index < -0.39 is 0 Å². The zero-order valence-electron chi connectivity index (χ0n) is 11.5. The van der Waals surface area contributed by atoms with Gasteiger partial charge in [0, 0.05) is 0 Å². The van der Waals surface area contributed by atoms with Crippen LogP contribution in [0, 0.1) is 0 Å². The molecule has 0 aliphatic carbocycles. The first kappa shape index (κ1) is 15.0. The number of rotatable bonds is 5. The van der Waals surface area contributed by atoms with Crippen LogP contribution >= 0.6 is 23.1 Å². The maximum Gasteiger partial charge on any atom is 0.305 e. The predicted molar refractivity (Wildman–Crippen MR) is 79.1 cm³/mol. The van der Waals surface area contributed by atoms with Crippen LogP contribution in [-0.2, 0) is 9.53 Å². The van der Waals surface area contributed by atoms with Crippen molar-refractivity contribution in [2.75, 3.05) is 48.1 Å². The van der Waals surface area contributed by atoms with Crippen LogP contribution in [0.4, 0.5) is 11.0 Å². The molecule has 10 nitrogen and oxygen atoms in total. The Hall–Kier alpha value is -1.92. The first-order valence-corrected chi connectivity index (χ1v) is 8.24. The topological polar surface area (TPSA) is 123 Å². The fraction of sp³-hybridized carbons (Fsp3) is 0.500. The van der Waals surface area contributed by atoms with E-state index in [0.717, 1.165) is 13.1 Å². The fourth-order valence-corrected chi connectivity index (χ4v) is 3.20. The number of nitrogens with zero attached hydrogens (tertiary/aromatic N) is 5. The van der Waals surface area contributed by atoms with Crippen molar-refractivity contribution >= 4 is 40.0 Å². The molecule has 2 aromatic heterocycles. The molecule has 22 heavy (non-hydrogen) atoms. The number of amides is 1. The van der Waals surface area contributed by atoms with Crippen LogP contribution in [0.1, 0.15) is 0 Å². The third-order valence-corrected chi connectivity index (χ3v) is 4.63. The average molecular weight is 344 g/mol. The van der Waals surface area contributed by atoms with Gasteiger partial charge in [-0.3, -0.25) is 14.6 Å². The van der Waals surface area contributed by atoms with Gasteiger partial charge in [-0.2, -0.15) is 0 Å². The number of carbonyl (C=O) groups is 1. The van der Waals surface area contributed by atoms with Crippen molar-refractivity contribution in [2.24, 2.45) is 0 Å². The lowest BCUT2D eigenvalue weighted by Crippen LogP contribution is -2.62. The van der Waals surface area contributed by atoms with E-state index in [1.165, 1.54) is 23.1 Å². The zero-order chi connectivity index (χ0) is 15.4. The number of carbonyl (C=O) groups excluding carboxylic acids is 1. The second-order valence-electron chi connectivity index (χ2n) is 4.30. The van der Waals surface area contributed by atoms with Crippen molar-refractivity contribution in [3.8, 4) is 0 Å². The number of nitrogens with two attached hydrogens (primary N) is 1. The van der Waals surface area contributed by atoms with E-state index in [1.807, 2.05) is 5.01 Å². The van der Waals surface area contributed by atoms with E-state index in [1.54, 1.807) is 11.0 Å². The van der Waals surface area contributed by atoms with Gasteiger partial charge in [0.1, 0.15) is 0 Å². The van der Waals surface area contributed by atoms with Gasteiger partial charge in [0.25, 0.3) is 6.20 Å². The summed E-state index contributed by atoms with van der Waals surface area (Å²) >= 11 is 2.50. The van der Waals surface area contributed by atoms with Crippen molar-refractivity contribution in [3.63, 3.8) is 0 Å². The van der Waals surface area contributed by atoms with Gasteiger partial charge in [-0.15, -0.1) is 15.2 Å². The highest BCUT2D eigenvalue weighted by Gasteiger charge is 2.23. The number of hydrogen-bond donors (Lipinski definition) is 2. The maximum absolute atomic E-state index is 11.8. The molecule has 0 radical (unpaired) electrons. The van der Waals surface area contributed by atoms with Gasteiger partial charge >= 0.3 is 5.88 Å². The summed E-state index contributed by atoms with van der Waals surface area (Å²) in [5.74, 6) is 0.255. The highest BCUT2D eigenvalue weighted by molar-refractivity contribution is 8.01. The summed E-state index contributed by atoms with van der Waals surface area (Å²) in [4.78, 5) is 13.4. The first-order chi connectivity index (χ1) is 10.7. The molecule has 0 aromatic carbocycles. The Kier molecular flexibility index (Phi) is 4.70. The van der Waals surface area contributed by atoms with Crippen molar-refractivity contribution < 1.29 is 18.8 Å². The standard InChI is InChI=1S/C10H13N7O3S2/c11-9-13-14-10(22-9)21-6-7(18)12-8-5-17(15-20-8)16-1-3-19-4-2-16/h5H,1-4,6H2,(H2-,11,12,13,15,18)/p+1. The van der Waals surface area contributed by atoms with Gasteiger partial charge in [-0.1, -0.05) is 23.1 Å². The molecule has 3 heterocycles. The van der Waals surface area contributed by atoms with Gasteiger partial charge in [-0.05, 0) is 0 Å². The lowest BCUT2D eigenvalue weighted by atomic mass is 10.5. The largest absolute Gasteiger partial charge is 0.377 e. The molecule has 0 saturated carbocycles. The second kappa shape index (κ2) is 6.89. The number of morpholine rings is 1. The monoisotopic (exact) mass is 344 g/mol. The fourth-order valence-electron chi connectivity index (χ4n) is 1.76. The van der Waals surface area contributed by atoms with Gasteiger partial charge in [0.05, 0.1) is 36.8 Å². The van der Waals surface area contributed by atoms with Crippen LogP contribution in [0.15, 0.2) is 15.1 Å². The summed E-state index contributed by atoms with van der Waals surface area (Å²) in [5, 5.41) is 16.4. The number of aromatic nitrogens is 4. The summed E-state index contributed by atoms with van der Waals surface area (Å²) < 4.78 is 11.0. The Morgan fingerprint density at radius 2 is 2.32 bits per heavy atom. The van der Waals surface area contributed by atoms with Gasteiger partial charge in [0.2, 0.25) is 16.3 Å². The lowest BCUT2D eigenvalue weighted by molar-refractivity contribution is -0.759. The van der Waals surface area contributed by atoms with E-state index in [2.05, 4.69) is 20.8 Å². The summed E-state index contributed by atoms with van der Waals surface area (Å²) in [5.41, 5.74) is 5.47. The molecule has 1 aliphatic rings. The van der Waals surface area contributed by atoms with Crippen LogP contribution in [0.25, 0.3) is 0 Å². The van der Waals surface area contributed by atoms with Gasteiger partial charge in [-0.25, -0.2) is 0 Å². The molecule has 118 valence electrons. The molecule has 3 rings (SSSR count). The minimum atomic E-state index is -0.218. The SMILES string of the molecule is Nc1nnc(SCC(=O)Nc2c[n+](N3CCOCC3)no2)s1. The number of hydrogen-bond acceptors (Lipinski definition) is 10. The molecule has 2 aromatic rings. The summed E-state index contributed by atoms with van der Waals surface area (Å²) in [6, 6.07) is 0.